The highest BCUT2D eigenvalue weighted by molar-refractivity contribution is 6.06. The molecule has 5 amide bonds. The molecule has 1 N–H and O–H groups in total. The van der Waals surface area contributed by atoms with Crippen molar-refractivity contribution in [3.05, 3.63) is 24.3 Å². The lowest BCUT2D eigenvalue weighted by molar-refractivity contribution is -0.199. The molecular weight excluding hydrogens is 470 g/mol. The van der Waals surface area contributed by atoms with Crippen LogP contribution in [0.15, 0.2) is 24.3 Å². The molecule has 8 unspecified atom stereocenters. The number of carbonyl (C=O) groups excluding carboxylic acids is 6. The molecule has 2 saturated carbocycles. The van der Waals surface area contributed by atoms with Gasteiger partial charge in [-0.3, -0.25) is 19.2 Å². The van der Waals surface area contributed by atoms with E-state index in [4.69, 9.17) is 9.68 Å². The predicted molar refractivity (Wildman–Crippen MR) is 118 cm³/mol. The first-order chi connectivity index (χ1) is 17.3. The number of hydrogen-bond donors (Lipinski definition) is 1. The highest BCUT2D eigenvalue weighted by atomic mass is 16.7. The van der Waals surface area contributed by atoms with Crippen LogP contribution in [0.2, 0.25) is 0 Å². The van der Waals surface area contributed by atoms with Crippen LogP contribution in [0.5, 0.6) is 0 Å². The summed E-state index contributed by atoms with van der Waals surface area (Å²) in [6, 6.07) is 0. The number of amides is 5. The van der Waals surface area contributed by atoms with Crippen LogP contribution in [-0.4, -0.2) is 52.4 Å². The summed E-state index contributed by atoms with van der Waals surface area (Å²) in [5.74, 6) is -3.95. The summed E-state index contributed by atoms with van der Waals surface area (Å²) in [5, 5.41) is 3.76. The summed E-state index contributed by atoms with van der Waals surface area (Å²) in [7, 11) is 0. The molecule has 6 aliphatic rings. The minimum Gasteiger partial charge on any atom is -0.330 e. The summed E-state index contributed by atoms with van der Waals surface area (Å²) in [6.45, 7) is 0.228. The standard InChI is InChI=1S/C25H27N3O8/c29-16(35-27-21(30)17-12-5-6-13(10-12)18(17)22(27)31)4-2-1-3-9-26-25(34)36-28-23(32)19-14-7-8-15(11-14)20(19)24(28)33/h5-8,12-15,17-20H,1-4,9-11H2,(H,26,34). The maximum absolute atomic E-state index is 12.6. The molecule has 0 spiro atoms. The number of fused-ring (bicyclic) bond motifs is 10. The minimum absolute atomic E-state index is 0.0257. The molecule has 2 heterocycles. The quantitative estimate of drug-likeness (QED) is 0.300. The van der Waals surface area contributed by atoms with Gasteiger partial charge >= 0.3 is 12.1 Å². The molecule has 4 bridgehead atoms. The smallest absolute Gasteiger partial charge is 0.330 e. The first kappa shape index (κ1) is 22.9. The normalized spacial score (nSPS) is 36.8. The fourth-order valence-corrected chi connectivity index (χ4v) is 6.95. The van der Waals surface area contributed by atoms with E-state index in [1.807, 2.05) is 24.3 Å². The molecule has 36 heavy (non-hydrogen) atoms. The van der Waals surface area contributed by atoms with Crippen LogP contribution in [0, 0.1) is 47.3 Å². The molecule has 2 aliphatic heterocycles. The molecule has 6 rings (SSSR count). The Balaban J connectivity index is 0.875. The minimum atomic E-state index is -0.878. The van der Waals surface area contributed by atoms with Crippen LogP contribution in [0.4, 0.5) is 4.79 Å². The second-order valence-corrected chi connectivity index (χ2v) is 10.5. The fourth-order valence-electron chi connectivity index (χ4n) is 6.95. The van der Waals surface area contributed by atoms with Crippen molar-refractivity contribution in [1.82, 2.24) is 15.4 Å². The number of nitrogens with zero attached hydrogens (tertiary/aromatic N) is 2. The molecule has 11 heteroatoms. The Morgan fingerprint density at radius 2 is 1.14 bits per heavy atom. The average molecular weight is 498 g/mol. The third-order valence-corrected chi connectivity index (χ3v) is 8.55. The zero-order valence-electron chi connectivity index (χ0n) is 19.5. The van der Waals surface area contributed by atoms with Gasteiger partial charge < -0.3 is 15.0 Å². The third-order valence-electron chi connectivity index (χ3n) is 8.55. The van der Waals surface area contributed by atoms with Crippen molar-refractivity contribution in [2.24, 2.45) is 47.3 Å². The Kier molecular flexibility index (Phi) is 5.45. The number of rotatable bonds is 8. The largest absolute Gasteiger partial charge is 0.432 e. The van der Waals surface area contributed by atoms with E-state index in [9.17, 15) is 28.8 Å². The Morgan fingerprint density at radius 3 is 1.61 bits per heavy atom. The predicted octanol–water partition coefficient (Wildman–Crippen LogP) is 1.26. The summed E-state index contributed by atoms with van der Waals surface area (Å²) in [6.07, 6.45) is 10.1. The van der Waals surface area contributed by atoms with Crippen LogP contribution in [0.25, 0.3) is 0 Å². The monoisotopic (exact) mass is 497 g/mol. The fraction of sp³-hybridized carbons (Fsp3) is 0.600. The highest BCUT2D eigenvalue weighted by Gasteiger charge is 2.62. The molecule has 2 saturated heterocycles. The van der Waals surface area contributed by atoms with Gasteiger partial charge in [0.05, 0.1) is 23.7 Å². The van der Waals surface area contributed by atoms with E-state index < -0.39 is 59.4 Å². The van der Waals surface area contributed by atoms with Crippen molar-refractivity contribution >= 4 is 35.7 Å². The first-order valence-corrected chi connectivity index (χ1v) is 12.6. The van der Waals surface area contributed by atoms with E-state index in [0.29, 0.717) is 29.4 Å². The number of hydroxylamine groups is 4. The topological polar surface area (TPSA) is 139 Å². The zero-order valence-corrected chi connectivity index (χ0v) is 19.5. The van der Waals surface area contributed by atoms with E-state index in [0.717, 1.165) is 12.8 Å². The van der Waals surface area contributed by atoms with Gasteiger partial charge in [-0.2, -0.15) is 0 Å². The molecule has 190 valence electrons. The van der Waals surface area contributed by atoms with Crippen LogP contribution in [-0.2, 0) is 33.6 Å². The van der Waals surface area contributed by atoms with Gasteiger partial charge in [0.1, 0.15) is 0 Å². The van der Waals surface area contributed by atoms with Crippen molar-refractivity contribution in [3.8, 4) is 0 Å². The van der Waals surface area contributed by atoms with Crippen molar-refractivity contribution in [3.63, 3.8) is 0 Å². The lowest BCUT2D eigenvalue weighted by atomic mass is 9.85. The maximum atomic E-state index is 12.6. The van der Waals surface area contributed by atoms with Crippen molar-refractivity contribution in [2.75, 3.05) is 6.54 Å². The Bertz CT molecular complexity index is 969. The molecule has 0 aromatic heterocycles. The van der Waals surface area contributed by atoms with Crippen molar-refractivity contribution in [1.29, 1.82) is 0 Å². The van der Waals surface area contributed by atoms with Gasteiger partial charge in [0.15, 0.2) is 0 Å². The van der Waals surface area contributed by atoms with Crippen LogP contribution < -0.4 is 5.32 Å². The Hall–Kier alpha value is -3.50. The Morgan fingerprint density at radius 1 is 0.694 bits per heavy atom. The summed E-state index contributed by atoms with van der Waals surface area (Å²) >= 11 is 0. The van der Waals surface area contributed by atoms with Gasteiger partial charge in [-0.1, -0.05) is 30.7 Å². The van der Waals surface area contributed by atoms with Crippen LogP contribution >= 0.6 is 0 Å². The third kappa shape index (κ3) is 3.47. The molecule has 0 aromatic carbocycles. The second kappa shape index (κ2) is 8.56. The average Bonchev–Trinajstić information content (AvgIpc) is 3.69. The summed E-state index contributed by atoms with van der Waals surface area (Å²) in [4.78, 5) is 84.5. The van der Waals surface area contributed by atoms with E-state index >= 15 is 0 Å². The van der Waals surface area contributed by atoms with Crippen molar-refractivity contribution in [2.45, 2.75) is 38.5 Å². The zero-order chi connectivity index (χ0) is 25.1. The van der Waals surface area contributed by atoms with E-state index in [1.54, 1.807) is 0 Å². The summed E-state index contributed by atoms with van der Waals surface area (Å²) < 4.78 is 0. The van der Waals surface area contributed by atoms with Gasteiger partial charge in [0, 0.05) is 13.0 Å². The number of carbonyl (C=O) groups is 6. The number of hydrogen-bond acceptors (Lipinski definition) is 8. The van der Waals surface area contributed by atoms with Gasteiger partial charge in [-0.15, -0.1) is 10.1 Å². The molecule has 11 nitrogen and oxygen atoms in total. The number of unbranched alkanes of at least 4 members (excludes halogenated alkanes) is 2. The lowest BCUT2D eigenvalue weighted by Crippen LogP contribution is -2.39. The van der Waals surface area contributed by atoms with Crippen molar-refractivity contribution < 1.29 is 38.4 Å². The molecule has 4 fully saturated rings. The van der Waals surface area contributed by atoms with Gasteiger partial charge in [-0.25, -0.2) is 9.59 Å². The molecule has 0 radical (unpaired) electrons. The maximum Gasteiger partial charge on any atom is 0.432 e. The van der Waals surface area contributed by atoms with E-state index in [1.165, 1.54) is 0 Å². The SMILES string of the molecule is O=C(CCCCCNC(=O)ON1C(=O)C2C3C=CC(C3)C2C1=O)ON1C(=O)C2C3C=CC(C3)C2C1=O. The van der Waals surface area contributed by atoms with E-state index in [-0.39, 0.29) is 36.6 Å². The lowest BCUT2D eigenvalue weighted by Gasteiger charge is -2.16. The van der Waals surface area contributed by atoms with E-state index in [2.05, 4.69) is 5.32 Å². The molecule has 8 atom stereocenters. The summed E-state index contributed by atoms with van der Waals surface area (Å²) in [5.41, 5.74) is 0. The second-order valence-electron chi connectivity index (χ2n) is 10.5. The first-order valence-electron chi connectivity index (χ1n) is 12.6. The number of nitrogens with one attached hydrogen (secondary N) is 1. The van der Waals surface area contributed by atoms with Gasteiger partial charge in [0.25, 0.3) is 23.6 Å². The molecule has 4 aliphatic carbocycles. The van der Waals surface area contributed by atoms with Gasteiger partial charge in [0.2, 0.25) is 0 Å². The number of allylic oxidation sites excluding steroid dienone is 4. The molecule has 0 aromatic rings. The highest BCUT2D eigenvalue weighted by Crippen LogP contribution is 2.53. The molecular formula is C25H27N3O8. The van der Waals surface area contributed by atoms with Gasteiger partial charge in [-0.05, 0) is 49.4 Å². The Labute approximate surface area is 206 Å². The number of imide groups is 2. The van der Waals surface area contributed by atoms with Crippen LogP contribution in [0.1, 0.15) is 38.5 Å². The van der Waals surface area contributed by atoms with Crippen LogP contribution in [0.3, 0.4) is 0 Å².